The first-order valence-corrected chi connectivity index (χ1v) is 12.4. The van der Waals surface area contributed by atoms with E-state index in [-0.39, 0.29) is 0 Å². The average Bonchev–Trinajstić information content (AvgIpc) is 2.90. The van der Waals surface area contributed by atoms with Crippen molar-refractivity contribution < 1.29 is 50.0 Å². The van der Waals surface area contributed by atoms with Crippen LogP contribution in [-0.4, -0.2) is 97.5 Å². The highest BCUT2D eigenvalue weighted by Crippen LogP contribution is 2.35. The average molecular weight is 531 g/mol. The lowest BCUT2D eigenvalue weighted by molar-refractivity contribution is -0.231. The third-order valence-electron chi connectivity index (χ3n) is 7.28. The Morgan fingerprint density at radius 2 is 1.18 bits per heavy atom. The summed E-state index contributed by atoms with van der Waals surface area (Å²) in [5.74, 6) is -0.786. The Hall–Kier alpha value is -2.51. The third kappa shape index (κ3) is 5.46. The summed E-state index contributed by atoms with van der Waals surface area (Å²) in [6.07, 6.45) is -7.59. The van der Waals surface area contributed by atoms with Crippen LogP contribution in [0.5, 0.6) is 0 Å². The summed E-state index contributed by atoms with van der Waals surface area (Å²) < 4.78 is 11.3. The van der Waals surface area contributed by atoms with Gasteiger partial charge in [0.1, 0.15) is 54.9 Å². The van der Waals surface area contributed by atoms with Gasteiger partial charge in [-0.05, 0) is 47.2 Å². The zero-order valence-electron chi connectivity index (χ0n) is 21.1. The second kappa shape index (κ2) is 11.7. The van der Waals surface area contributed by atoms with Gasteiger partial charge in [0.05, 0.1) is 13.2 Å². The van der Waals surface area contributed by atoms with Gasteiger partial charge >= 0.3 is 0 Å². The Labute approximate surface area is 220 Å². The molecule has 7 N–H and O–H groups in total. The topological polar surface area (TPSA) is 177 Å². The van der Waals surface area contributed by atoms with E-state index in [1.807, 2.05) is 44.2 Å². The zero-order chi connectivity index (χ0) is 27.7. The van der Waals surface area contributed by atoms with Crippen molar-refractivity contribution in [2.24, 2.45) is 0 Å². The van der Waals surface area contributed by atoms with E-state index in [9.17, 15) is 40.5 Å². The van der Waals surface area contributed by atoms with Gasteiger partial charge in [-0.3, -0.25) is 4.79 Å². The number of rotatable bonds is 6. The van der Waals surface area contributed by atoms with Crippen LogP contribution in [0.25, 0.3) is 12.2 Å². The minimum absolute atomic E-state index is 0.494. The number of carbonyl (C=O) groups excluding carboxylic acids is 1. The second-order valence-corrected chi connectivity index (χ2v) is 9.88. The van der Waals surface area contributed by atoms with Crippen molar-refractivity contribution in [3.8, 4) is 0 Å². The molecule has 0 saturated carbocycles. The number of aliphatic hydroxyl groups excluding tert-OH is 7. The maximum Gasteiger partial charge on any atom is 0.195 e. The van der Waals surface area contributed by atoms with Crippen LogP contribution in [0.1, 0.15) is 45.6 Å². The minimum atomic E-state index is -1.58. The molecule has 2 saturated heterocycles. The molecular weight excluding hydrogens is 496 g/mol. The van der Waals surface area contributed by atoms with Crippen molar-refractivity contribution in [3.05, 3.63) is 69.8 Å². The summed E-state index contributed by atoms with van der Waals surface area (Å²) in [5, 5.41) is 69.7. The fourth-order valence-corrected chi connectivity index (χ4v) is 5.03. The van der Waals surface area contributed by atoms with E-state index in [0.29, 0.717) is 11.1 Å². The van der Waals surface area contributed by atoms with Crippen LogP contribution in [0.15, 0.2) is 36.4 Å². The molecule has 10 heteroatoms. The van der Waals surface area contributed by atoms with Crippen LogP contribution in [0.2, 0.25) is 0 Å². The molecule has 0 amide bonds. The number of benzene rings is 2. The molecule has 2 heterocycles. The maximum atomic E-state index is 12.2. The Morgan fingerprint density at radius 1 is 0.684 bits per heavy atom. The number of aliphatic hydroxyl groups is 7. The van der Waals surface area contributed by atoms with Crippen LogP contribution in [0.3, 0.4) is 0 Å². The molecule has 4 rings (SSSR count). The van der Waals surface area contributed by atoms with E-state index in [0.717, 1.165) is 22.3 Å². The zero-order valence-corrected chi connectivity index (χ0v) is 21.1. The lowest BCUT2D eigenvalue weighted by Crippen LogP contribution is -2.55. The van der Waals surface area contributed by atoms with Gasteiger partial charge in [0.15, 0.2) is 5.78 Å². The number of ether oxygens (including phenoxy) is 2. The van der Waals surface area contributed by atoms with Crippen molar-refractivity contribution in [1.82, 2.24) is 0 Å². The standard InChI is InChI=1S/C28H34O10/c1-13-9-15(5-7-17(13)27-25(35)23(33)21(31)19(11-29)37-27)3-4-16-6-8-18(14(2)10-16)28-26(36)24(34)22(32)20(12-30)38-28/h3-10,19-23,25-33,35-36H,11-12H2,1-2H3/b4-3+/t19-,20-,21-,22-,23?,25?,26?,27-,28-/m1/s1. The lowest BCUT2D eigenvalue weighted by Gasteiger charge is -2.40. The number of hydrogen-bond acceptors (Lipinski definition) is 10. The quantitative estimate of drug-likeness (QED) is 0.246. The highest BCUT2D eigenvalue weighted by atomic mass is 16.5. The Balaban J connectivity index is 1.50. The second-order valence-electron chi connectivity index (χ2n) is 9.88. The summed E-state index contributed by atoms with van der Waals surface area (Å²) >= 11 is 0. The van der Waals surface area contributed by atoms with Gasteiger partial charge in [-0.2, -0.15) is 0 Å². The van der Waals surface area contributed by atoms with Crippen LogP contribution in [0.4, 0.5) is 0 Å². The predicted octanol–water partition coefficient (Wildman–Crippen LogP) is -0.288. The molecule has 2 aliphatic rings. The monoisotopic (exact) mass is 530 g/mol. The van der Waals surface area contributed by atoms with E-state index in [1.54, 1.807) is 18.2 Å². The van der Waals surface area contributed by atoms with Crippen molar-refractivity contribution in [2.75, 3.05) is 13.2 Å². The van der Waals surface area contributed by atoms with E-state index in [2.05, 4.69) is 0 Å². The largest absolute Gasteiger partial charge is 0.394 e. The summed E-state index contributed by atoms with van der Waals surface area (Å²) in [6.45, 7) is 2.60. The number of hydrogen-bond donors (Lipinski definition) is 7. The Morgan fingerprint density at radius 3 is 1.68 bits per heavy atom. The molecule has 38 heavy (non-hydrogen) atoms. The van der Waals surface area contributed by atoms with Gasteiger partial charge in [0.25, 0.3) is 0 Å². The summed E-state index contributed by atoms with van der Waals surface area (Å²) in [6, 6.07) is 10.9. The number of Topliss-reactive ketones (excluding diaryl/α,β-unsaturated/α-hetero) is 1. The van der Waals surface area contributed by atoms with Gasteiger partial charge in [-0.25, -0.2) is 0 Å². The molecule has 2 aromatic carbocycles. The fourth-order valence-electron chi connectivity index (χ4n) is 5.03. The maximum absolute atomic E-state index is 12.2. The van der Waals surface area contributed by atoms with Crippen LogP contribution in [0, 0.1) is 13.8 Å². The number of aryl methyl sites for hydroxylation is 2. The summed E-state index contributed by atoms with van der Waals surface area (Å²) in [7, 11) is 0. The molecule has 0 aliphatic carbocycles. The summed E-state index contributed by atoms with van der Waals surface area (Å²) in [5.41, 5.74) is 4.45. The summed E-state index contributed by atoms with van der Waals surface area (Å²) in [4.78, 5) is 12.2. The molecule has 0 aromatic heterocycles. The van der Waals surface area contributed by atoms with Crippen LogP contribution < -0.4 is 0 Å². The Kier molecular flexibility index (Phi) is 8.78. The Bertz CT molecular complexity index is 1180. The SMILES string of the molecule is Cc1cc(/C=C/c2ccc([C@H]3O[C@H](CO)[C@@H](O)C(O)C3O)c(C)c2)ccc1[C@H]1O[C@H](CO)[C@@H](O)C(=O)C1O. The fraction of sp³-hybridized carbons (Fsp3) is 0.464. The number of carbonyl (C=O) groups is 1. The first kappa shape index (κ1) is 28.5. The third-order valence-corrected chi connectivity index (χ3v) is 7.28. The predicted molar refractivity (Wildman–Crippen MR) is 136 cm³/mol. The van der Waals surface area contributed by atoms with Crippen LogP contribution in [-0.2, 0) is 14.3 Å². The van der Waals surface area contributed by atoms with E-state index >= 15 is 0 Å². The molecule has 2 fully saturated rings. The van der Waals surface area contributed by atoms with Gasteiger partial charge in [0.2, 0.25) is 0 Å². The van der Waals surface area contributed by atoms with E-state index < -0.39 is 73.9 Å². The van der Waals surface area contributed by atoms with Crippen LogP contribution >= 0.6 is 0 Å². The smallest absolute Gasteiger partial charge is 0.195 e. The molecule has 9 atom stereocenters. The molecule has 10 nitrogen and oxygen atoms in total. The molecule has 0 radical (unpaired) electrons. The molecular formula is C28H34O10. The van der Waals surface area contributed by atoms with Gasteiger partial charge in [-0.15, -0.1) is 0 Å². The van der Waals surface area contributed by atoms with Gasteiger partial charge in [0, 0.05) is 0 Å². The van der Waals surface area contributed by atoms with Gasteiger partial charge in [-0.1, -0.05) is 48.6 Å². The molecule has 3 unspecified atom stereocenters. The van der Waals surface area contributed by atoms with Crippen molar-refractivity contribution in [2.45, 2.75) is 68.8 Å². The van der Waals surface area contributed by atoms with E-state index in [4.69, 9.17) is 9.47 Å². The molecule has 0 spiro atoms. The van der Waals surface area contributed by atoms with Gasteiger partial charge < -0.3 is 45.2 Å². The highest BCUT2D eigenvalue weighted by molar-refractivity contribution is 5.89. The lowest BCUT2D eigenvalue weighted by atomic mass is 9.88. The first-order valence-electron chi connectivity index (χ1n) is 12.4. The molecule has 2 aromatic rings. The molecule has 206 valence electrons. The highest BCUT2D eigenvalue weighted by Gasteiger charge is 2.45. The molecule has 0 bridgehead atoms. The normalized spacial score (nSPS) is 34.1. The van der Waals surface area contributed by atoms with Crippen molar-refractivity contribution in [1.29, 1.82) is 0 Å². The number of ketones is 1. The minimum Gasteiger partial charge on any atom is -0.394 e. The van der Waals surface area contributed by atoms with Crippen molar-refractivity contribution >= 4 is 17.9 Å². The van der Waals surface area contributed by atoms with Crippen molar-refractivity contribution in [3.63, 3.8) is 0 Å². The van der Waals surface area contributed by atoms with E-state index in [1.165, 1.54) is 0 Å². The first-order chi connectivity index (χ1) is 18.1. The molecule has 2 aliphatic heterocycles.